The van der Waals surface area contributed by atoms with Crippen molar-refractivity contribution >= 4 is 23.2 Å². The van der Waals surface area contributed by atoms with E-state index in [1.165, 1.54) is 11.3 Å². The predicted molar refractivity (Wildman–Crippen MR) is 102 cm³/mol. The van der Waals surface area contributed by atoms with Crippen LogP contribution in [0.15, 0.2) is 40.9 Å². The van der Waals surface area contributed by atoms with Crippen molar-refractivity contribution in [1.82, 2.24) is 15.0 Å². The number of hydrogen-bond donors (Lipinski definition) is 1. The third kappa shape index (κ3) is 4.22. The van der Waals surface area contributed by atoms with E-state index in [1.54, 1.807) is 24.0 Å². The van der Waals surface area contributed by atoms with E-state index in [9.17, 15) is 9.59 Å². The number of thiophene rings is 1. The highest BCUT2D eigenvalue weighted by Crippen LogP contribution is 2.29. The van der Waals surface area contributed by atoms with Crippen LogP contribution in [-0.2, 0) is 6.54 Å². The minimum atomic E-state index is -0.458. The van der Waals surface area contributed by atoms with Gasteiger partial charge in [-0.15, -0.1) is 11.3 Å². The molecular weight excluding hydrogens is 364 g/mol. The molecule has 0 spiro atoms. The molecule has 0 aliphatic rings. The Hall–Kier alpha value is -3.00. The van der Waals surface area contributed by atoms with E-state index in [-0.39, 0.29) is 18.5 Å². The first-order chi connectivity index (χ1) is 12.8. The minimum Gasteiger partial charge on any atom is -0.365 e. The summed E-state index contributed by atoms with van der Waals surface area (Å²) in [5.41, 5.74) is 6.73. The van der Waals surface area contributed by atoms with Crippen LogP contribution in [0.25, 0.3) is 10.4 Å². The van der Waals surface area contributed by atoms with Crippen molar-refractivity contribution < 1.29 is 14.1 Å². The number of carbonyl (C=O) groups is 2. The van der Waals surface area contributed by atoms with Gasteiger partial charge in [-0.1, -0.05) is 17.3 Å². The molecular formula is C19H20N4O3S. The first kappa shape index (κ1) is 18.8. The molecule has 27 heavy (non-hydrogen) atoms. The largest absolute Gasteiger partial charge is 0.365 e. The molecule has 1 aromatic carbocycles. The van der Waals surface area contributed by atoms with Crippen molar-refractivity contribution in [2.75, 3.05) is 0 Å². The molecule has 3 rings (SSSR count). The summed E-state index contributed by atoms with van der Waals surface area (Å²) in [7, 11) is 0. The molecule has 0 aliphatic carbocycles. The number of nitrogens with zero attached hydrogens (tertiary/aromatic N) is 3. The number of rotatable bonds is 6. The van der Waals surface area contributed by atoms with E-state index in [1.807, 2.05) is 38.1 Å². The topological polar surface area (TPSA) is 102 Å². The van der Waals surface area contributed by atoms with Crippen LogP contribution >= 0.6 is 11.3 Å². The van der Waals surface area contributed by atoms with E-state index in [4.69, 9.17) is 10.3 Å². The van der Waals surface area contributed by atoms with Crippen LogP contribution in [0.1, 0.15) is 45.6 Å². The maximum Gasteiger partial charge on any atom is 0.258 e. The van der Waals surface area contributed by atoms with Gasteiger partial charge in [0.25, 0.3) is 11.8 Å². The Labute approximate surface area is 160 Å². The average molecular weight is 384 g/mol. The normalized spacial score (nSPS) is 11.0. The van der Waals surface area contributed by atoms with E-state index < -0.39 is 5.91 Å². The number of nitrogens with two attached hydrogens (primary N) is 1. The first-order valence-electron chi connectivity index (χ1n) is 8.45. The number of amides is 2. The highest BCUT2D eigenvalue weighted by molar-refractivity contribution is 7.17. The molecule has 2 aromatic heterocycles. The highest BCUT2D eigenvalue weighted by Gasteiger charge is 2.22. The summed E-state index contributed by atoms with van der Waals surface area (Å²) in [6.07, 6.45) is 0. The second-order valence-electron chi connectivity index (χ2n) is 6.37. The lowest BCUT2D eigenvalue weighted by molar-refractivity contribution is 0.0683. The molecule has 7 nitrogen and oxygen atoms in total. The second-order valence-corrected chi connectivity index (χ2v) is 7.45. The third-order valence-corrected chi connectivity index (χ3v) is 5.16. The SMILES string of the molecule is Cc1nc(CN(C(=O)c2cccc(-c3ccc(C(N)=O)s3)c2)C(C)C)no1. The molecule has 0 atom stereocenters. The molecule has 0 unspecified atom stereocenters. The van der Waals surface area contributed by atoms with Gasteiger partial charge in [-0.25, -0.2) is 0 Å². The average Bonchev–Trinajstić information content (AvgIpc) is 3.28. The summed E-state index contributed by atoms with van der Waals surface area (Å²) in [6, 6.07) is 10.8. The van der Waals surface area contributed by atoms with Crippen molar-refractivity contribution in [2.45, 2.75) is 33.4 Å². The van der Waals surface area contributed by atoms with Gasteiger partial charge in [0.15, 0.2) is 5.82 Å². The van der Waals surface area contributed by atoms with Crippen LogP contribution in [0.5, 0.6) is 0 Å². The van der Waals surface area contributed by atoms with Crippen LogP contribution in [0.3, 0.4) is 0 Å². The Bertz CT molecular complexity index is 977. The molecule has 8 heteroatoms. The molecule has 2 amide bonds. The summed E-state index contributed by atoms with van der Waals surface area (Å²) in [6.45, 7) is 5.85. The maximum atomic E-state index is 13.1. The molecule has 0 aliphatic heterocycles. The Morgan fingerprint density at radius 1 is 1.26 bits per heavy atom. The standard InChI is InChI=1S/C19H20N4O3S/c1-11(2)23(10-17-21-12(3)26-22-17)19(25)14-6-4-5-13(9-14)15-7-8-16(27-15)18(20)24/h4-9,11H,10H2,1-3H3,(H2,20,24). The Kier molecular flexibility index (Phi) is 5.36. The van der Waals surface area contributed by atoms with Crippen molar-refractivity contribution in [1.29, 1.82) is 0 Å². The number of primary amides is 1. The zero-order valence-corrected chi connectivity index (χ0v) is 16.1. The number of benzene rings is 1. The van der Waals surface area contributed by atoms with Crippen LogP contribution in [0.2, 0.25) is 0 Å². The van der Waals surface area contributed by atoms with Gasteiger partial charge < -0.3 is 15.2 Å². The fourth-order valence-electron chi connectivity index (χ4n) is 2.64. The van der Waals surface area contributed by atoms with Gasteiger partial charge in [0.1, 0.15) is 0 Å². The minimum absolute atomic E-state index is 0.0387. The highest BCUT2D eigenvalue weighted by atomic mass is 32.1. The summed E-state index contributed by atoms with van der Waals surface area (Å²) >= 11 is 1.30. The monoisotopic (exact) mass is 384 g/mol. The zero-order chi connectivity index (χ0) is 19.6. The number of hydrogen-bond acceptors (Lipinski definition) is 6. The van der Waals surface area contributed by atoms with Crippen LogP contribution in [0.4, 0.5) is 0 Å². The van der Waals surface area contributed by atoms with Crippen LogP contribution in [0, 0.1) is 6.92 Å². The van der Waals surface area contributed by atoms with Gasteiger partial charge in [0, 0.05) is 23.4 Å². The first-order valence-corrected chi connectivity index (χ1v) is 9.27. The molecule has 0 saturated carbocycles. The van der Waals surface area contributed by atoms with Gasteiger partial charge >= 0.3 is 0 Å². The van der Waals surface area contributed by atoms with Gasteiger partial charge in [-0.05, 0) is 43.7 Å². The summed E-state index contributed by atoms with van der Waals surface area (Å²) in [5, 5.41) is 3.88. The van der Waals surface area contributed by atoms with Crippen LogP contribution in [-0.4, -0.2) is 32.9 Å². The van der Waals surface area contributed by atoms with Gasteiger partial charge in [0.05, 0.1) is 11.4 Å². The number of aromatic nitrogens is 2. The van der Waals surface area contributed by atoms with E-state index in [0.29, 0.717) is 22.2 Å². The number of carbonyl (C=O) groups excluding carboxylic acids is 2. The molecule has 3 aromatic rings. The third-order valence-electron chi connectivity index (χ3n) is 4.01. The predicted octanol–water partition coefficient (Wildman–Crippen LogP) is 3.26. The zero-order valence-electron chi connectivity index (χ0n) is 15.3. The molecule has 0 saturated heterocycles. The summed E-state index contributed by atoms with van der Waals surface area (Å²) in [4.78, 5) is 31.6. The van der Waals surface area contributed by atoms with Crippen molar-refractivity contribution in [3.8, 4) is 10.4 Å². The van der Waals surface area contributed by atoms with Gasteiger partial charge in [0.2, 0.25) is 5.89 Å². The molecule has 2 N–H and O–H groups in total. The van der Waals surface area contributed by atoms with Gasteiger partial charge in [-0.3, -0.25) is 9.59 Å². The second kappa shape index (κ2) is 7.71. The Morgan fingerprint density at radius 3 is 2.63 bits per heavy atom. The maximum absolute atomic E-state index is 13.1. The van der Waals surface area contributed by atoms with Crippen molar-refractivity contribution in [2.24, 2.45) is 5.73 Å². The lowest BCUT2D eigenvalue weighted by Gasteiger charge is -2.25. The fraction of sp³-hybridized carbons (Fsp3) is 0.263. The lowest BCUT2D eigenvalue weighted by Crippen LogP contribution is -2.36. The molecule has 2 heterocycles. The van der Waals surface area contributed by atoms with Crippen molar-refractivity contribution in [3.63, 3.8) is 0 Å². The van der Waals surface area contributed by atoms with Crippen LogP contribution < -0.4 is 5.73 Å². The quantitative estimate of drug-likeness (QED) is 0.703. The molecule has 0 bridgehead atoms. The summed E-state index contributed by atoms with van der Waals surface area (Å²) < 4.78 is 4.99. The van der Waals surface area contributed by atoms with E-state index >= 15 is 0 Å². The van der Waals surface area contributed by atoms with E-state index in [2.05, 4.69) is 10.1 Å². The van der Waals surface area contributed by atoms with Crippen molar-refractivity contribution in [3.05, 3.63) is 58.6 Å². The smallest absolute Gasteiger partial charge is 0.258 e. The van der Waals surface area contributed by atoms with Gasteiger partial charge in [-0.2, -0.15) is 4.98 Å². The lowest BCUT2D eigenvalue weighted by atomic mass is 10.1. The molecule has 0 radical (unpaired) electrons. The number of aryl methyl sites for hydroxylation is 1. The van der Waals surface area contributed by atoms with E-state index in [0.717, 1.165) is 10.4 Å². The Balaban J connectivity index is 1.87. The molecule has 0 fully saturated rings. The fourth-order valence-corrected chi connectivity index (χ4v) is 3.50. The summed E-state index contributed by atoms with van der Waals surface area (Å²) in [5.74, 6) is 0.349. The molecule has 140 valence electrons. The Morgan fingerprint density at radius 2 is 2.04 bits per heavy atom.